The Morgan fingerprint density at radius 2 is 1.79 bits per heavy atom. The number of nitrogens with zero attached hydrogens (tertiary/aromatic N) is 2. The molecule has 5 rings (SSSR count). The second-order valence-electron chi connectivity index (χ2n) is 8.46. The molecule has 1 fully saturated rings. The summed E-state index contributed by atoms with van der Waals surface area (Å²) in [5, 5.41) is 4.06. The first-order valence-electron chi connectivity index (χ1n) is 12.0. The number of nitrogens with one attached hydrogen (secondary N) is 1. The van der Waals surface area contributed by atoms with Crippen molar-refractivity contribution in [2.45, 2.75) is 18.7 Å². The van der Waals surface area contributed by atoms with Crippen molar-refractivity contribution >= 4 is 59.8 Å². The number of ether oxygens (including phenoxy) is 2. The Balaban J connectivity index is 1.45. The van der Waals surface area contributed by atoms with Gasteiger partial charge in [-0.2, -0.15) is 4.31 Å². The second kappa shape index (κ2) is 10.9. The maximum atomic E-state index is 13.2. The van der Waals surface area contributed by atoms with Crippen molar-refractivity contribution in [3.05, 3.63) is 64.5 Å². The number of thiazole rings is 1. The number of benzene rings is 2. The van der Waals surface area contributed by atoms with E-state index in [1.807, 2.05) is 31.2 Å². The lowest BCUT2D eigenvalue weighted by atomic mass is 10.1. The number of morpholine rings is 1. The van der Waals surface area contributed by atoms with Gasteiger partial charge in [0.1, 0.15) is 14.9 Å². The largest absolute Gasteiger partial charge is 0.462 e. The topological polar surface area (TPSA) is 115 Å². The van der Waals surface area contributed by atoms with E-state index < -0.39 is 21.9 Å². The van der Waals surface area contributed by atoms with Crippen LogP contribution in [-0.4, -0.2) is 62.5 Å². The molecular weight excluding hydrogens is 547 g/mol. The Morgan fingerprint density at radius 1 is 1.08 bits per heavy atom. The normalized spacial score (nSPS) is 14.5. The van der Waals surface area contributed by atoms with Crippen LogP contribution in [0, 0.1) is 6.92 Å². The van der Waals surface area contributed by atoms with E-state index in [-0.39, 0.29) is 17.1 Å². The molecule has 1 N–H and O–H groups in total. The Morgan fingerprint density at radius 3 is 2.47 bits per heavy atom. The summed E-state index contributed by atoms with van der Waals surface area (Å²) in [7, 11) is -3.67. The van der Waals surface area contributed by atoms with E-state index in [0.717, 1.165) is 21.6 Å². The number of fused-ring (bicyclic) bond motifs is 1. The van der Waals surface area contributed by atoms with Gasteiger partial charge in [0.2, 0.25) is 10.0 Å². The minimum Gasteiger partial charge on any atom is -0.462 e. The molecule has 0 saturated carbocycles. The molecule has 0 radical (unpaired) electrons. The Hall–Kier alpha value is -3.16. The van der Waals surface area contributed by atoms with E-state index in [1.165, 1.54) is 39.9 Å². The summed E-state index contributed by atoms with van der Waals surface area (Å²) < 4.78 is 38.7. The maximum Gasteiger partial charge on any atom is 0.348 e. The molecule has 2 aromatic carbocycles. The Labute approximate surface area is 228 Å². The maximum absolute atomic E-state index is 13.2. The van der Waals surface area contributed by atoms with E-state index >= 15 is 0 Å². The number of sulfonamides is 1. The van der Waals surface area contributed by atoms with Gasteiger partial charge in [-0.05, 0) is 55.8 Å². The number of thiophene rings is 1. The van der Waals surface area contributed by atoms with E-state index in [4.69, 9.17) is 14.5 Å². The number of para-hydroxylation sites is 1. The summed E-state index contributed by atoms with van der Waals surface area (Å²) in [4.78, 5) is 31.1. The van der Waals surface area contributed by atoms with Crippen molar-refractivity contribution < 1.29 is 27.5 Å². The lowest BCUT2D eigenvalue weighted by Gasteiger charge is -2.26. The van der Waals surface area contributed by atoms with Crippen molar-refractivity contribution in [3.8, 4) is 10.6 Å². The van der Waals surface area contributed by atoms with Gasteiger partial charge in [-0.1, -0.05) is 12.1 Å². The van der Waals surface area contributed by atoms with Crippen molar-refractivity contribution in [3.63, 3.8) is 0 Å². The molecule has 0 bridgehead atoms. The number of amides is 1. The smallest absolute Gasteiger partial charge is 0.348 e. The zero-order valence-corrected chi connectivity index (χ0v) is 23.2. The van der Waals surface area contributed by atoms with E-state index in [0.29, 0.717) is 52.3 Å². The highest BCUT2D eigenvalue weighted by atomic mass is 32.2. The highest BCUT2D eigenvalue weighted by molar-refractivity contribution is 7.89. The second-order valence-corrected chi connectivity index (χ2v) is 12.5. The molecule has 0 spiro atoms. The summed E-state index contributed by atoms with van der Waals surface area (Å²) >= 11 is 2.60. The number of hydrogen-bond donors (Lipinski definition) is 1. The summed E-state index contributed by atoms with van der Waals surface area (Å²) in [5.41, 5.74) is 2.45. The van der Waals surface area contributed by atoms with E-state index in [2.05, 4.69) is 5.32 Å². The van der Waals surface area contributed by atoms with Crippen LogP contribution in [-0.2, 0) is 19.5 Å². The van der Waals surface area contributed by atoms with Crippen molar-refractivity contribution in [2.75, 3.05) is 38.2 Å². The lowest BCUT2D eigenvalue weighted by molar-refractivity contribution is 0.0531. The van der Waals surface area contributed by atoms with Crippen LogP contribution in [0.5, 0.6) is 0 Å². The zero-order chi connectivity index (χ0) is 26.9. The molecule has 4 aromatic rings. The first kappa shape index (κ1) is 26.4. The van der Waals surface area contributed by atoms with Gasteiger partial charge in [0.15, 0.2) is 0 Å². The summed E-state index contributed by atoms with van der Waals surface area (Å²) in [6.07, 6.45) is 0. The molecule has 9 nitrogen and oxygen atoms in total. The van der Waals surface area contributed by atoms with Gasteiger partial charge in [0.25, 0.3) is 5.91 Å². The fraction of sp³-hybridized carbons (Fsp3) is 0.269. The molecule has 0 unspecified atom stereocenters. The minimum atomic E-state index is -3.67. The predicted molar refractivity (Wildman–Crippen MR) is 148 cm³/mol. The van der Waals surface area contributed by atoms with Gasteiger partial charge in [-0.25, -0.2) is 18.2 Å². The third-order valence-corrected chi connectivity index (χ3v) is 10.2. The molecule has 1 amide bonds. The molecule has 0 atom stereocenters. The lowest BCUT2D eigenvalue weighted by Crippen LogP contribution is -2.40. The first-order chi connectivity index (χ1) is 18.3. The van der Waals surface area contributed by atoms with E-state index in [1.54, 1.807) is 6.92 Å². The fourth-order valence-corrected chi connectivity index (χ4v) is 7.76. The average molecular weight is 572 g/mol. The van der Waals surface area contributed by atoms with Gasteiger partial charge < -0.3 is 14.8 Å². The molecule has 198 valence electrons. The predicted octanol–water partition coefficient (Wildman–Crippen LogP) is 4.78. The SMILES string of the molecule is CCOC(=O)c1sc(NC(=O)c2ccc(S(=O)(=O)N3CCOCC3)cc2)c(-c2nc3ccccc3s2)c1C. The summed E-state index contributed by atoms with van der Waals surface area (Å²) in [6, 6.07) is 13.5. The minimum absolute atomic E-state index is 0.114. The third kappa shape index (κ3) is 5.09. The number of carbonyl (C=O) groups is 2. The molecule has 12 heteroatoms. The molecular formula is C26H25N3O6S3. The first-order valence-corrected chi connectivity index (χ1v) is 15.0. The van der Waals surface area contributed by atoms with Crippen LogP contribution in [0.15, 0.2) is 53.4 Å². The van der Waals surface area contributed by atoms with Gasteiger partial charge in [0, 0.05) is 24.2 Å². The van der Waals surface area contributed by atoms with Gasteiger partial charge >= 0.3 is 5.97 Å². The average Bonchev–Trinajstić information content (AvgIpc) is 3.49. The Bertz CT molecular complexity index is 1570. The molecule has 3 heterocycles. The third-order valence-electron chi connectivity index (χ3n) is 6.07. The van der Waals surface area contributed by atoms with Gasteiger partial charge in [-0.15, -0.1) is 22.7 Å². The fourth-order valence-electron chi connectivity index (χ4n) is 4.12. The van der Waals surface area contributed by atoms with Crippen LogP contribution in [0.25, 0.3) is 20.8 Å². The van der Waals surface area contributed by atoms with Crippen molar-refractivity contribution in [1.29, 1.82) is 0 Å². The highest BCUT2D eigenvalue weighted by Gasteiger charge is 2.28. The quantitative estimate of drug-likeness (QED) is 0.318. The Kier molecular flexibility index (Phi) is 7.59. The number of aromatic nitrogens is 1. The molecule has 2 aromatic heterocycles. The number of esters is 1. The highest BCUT2D eigenvalue weighted by Crippen LogP contribution is 2.43. The molecule has 38 heavy (non-hydrogen) atoms. The van der Waals surface area contributed by atoms with Crippen LogP contribution < -0.4 is 5.32 Å². The number of hydrogen-bond acceptors (Lipinski definition) is 9. The van der Waals surface area contributed by atoms with Crippen LogP contribution in [0.1, 0.15) is 32.5 Å². The summed E-state index contributed by atoms with van der Waals surface area (Å²) in [6.45, 7) is 5.06. The van der Waals surface area contributed by atoms with Crippen LogP contribution >= 0.6 is 22.7 Å². The molecule has 0 aliphatic carbocycles. The van der Waals surface area contributed by atoms with Crippen molar-refractivity contribution in [2.24, 2.45) is 0 Å². The van der Waals surface area contributed by atoms with Gasteiger partial charge in [0.05, 0.1) is 34.9 Å². The van der Waals surface area contributed by atoms with Crippen molar-refractivity contribution in [1.82, 2.24) is 9.29 Å². The zero-order valence-electron chi connectivity index (χ0n) is 20.7. The monoisotopic (exact) mass is 571 g/mol. The summed E-state index contributed by atoms with van der Waals surface area (Å²) in [5.74, 6) is -0.894. The van der Waals surface area contributed by atoms with E-state index in [9.17, 15) is 18.0 Å². The number of rotatable bonds is 7. The molecule has 1 aliphatic heterocycles. The van der Waals surface area contributed by atoms with Crippen LogP contribution in [0.2, 0.25) is 0 Å². The molecule has 1 aliphatic rings. The van der Waals surface area contributed by atoms with Gasteiger partial charge in [-0.3, -0.25) is 4.79 Å². The number of carbonyl (C=O) groups excluding carboxylic acids is 2. The van der Waals surface area contributed by atoms with Crippen LogP contribution in [0.4, 0.5) is 5.00 Å². The molecule has 1 saturated heterocycles. The van der Waals surface area contributed by atoms with Crippen LogP contribution in [0.3, 0.4) is 0 Å². The number of anilines is 1. The standard InChI is InChI=1S/C26H25N3O6S3/c1-3-35-26(31)22-16(2)21(24-27-19-6-4-5-7-20(19)36-24)25(37-22)28-23(30)17-8-10-18(11-9-17)38(32,33)29-12-14-34-15-13-29/h4-11H,3,12-15H2,1-2H3,(H,28,30).